The molecule has 0 unspecified atom stereocenters. The topological polar surface area (TPSA) is 38.0 Å². The van der Waals surface area contributed by atoms with Gasteiger partial charge in [0.25, 0.3) is 0 Å². The first-order valence-corrected chi connectivity index (χ1v) is 6.25. The van der Waals surface area contributed by atoms with E-state index in [1.54, 1.807) is 0 Å². The molecular weight excluding hydrogens is 340 g/mol. The average Bonchev–Trinajstić information content (AvgIpc) is 2.35. The van der Waals surface area contributed by atoms with E-state index < -0.39 is 17.6 Å². The van der Waals surface area contributed by atoms with Crippen LogP contribution >= 0.6 is 15.9 Å². The van der Waals surface area contributed by atoms with Gasteiger partial charge in [-0.25, -0.2) is 4.39 Å². The van der Waals surface area contributed by atoms with Gasteiger partial charge in [-0.3, -0.25) is 0 Å². The van der Waals surface area contributed by atoms with Crippen molar-refractivity contribution in [2.75, 3.05) is 11.1 Å². The van der Waals surface area contributed by atoms with Gasteiger partial charge in [0.1, 0.15) is 5.82 Å². The predicted molar refractivity (Wildman–Crippen MR) is 73.2 cm³/mol. The van der Waals surface area contributed by atoms with Gasteiger partial charge < -0.3 is 11.1 Å². The molecule has 2 aromatic carbocycles. The highest BCUT2D eigenvalue weighted by molar-refractivity contribution is 9.10. The van der Waals surface area contributed by atoms with Crippen molar-refractivity contribution in [2.24, 2.45) is 0 Å². The number of rotatable bonds is 2. The Morgan fingerprint density at radius 2 is 1.70 bits per heavy atom. The summed E-state index contributed by atoms with van der Waals surface area (Å²) >= 11 is 3.21. The summed E-state index contributed by atoms with van der Waals surface area (Å²) in [6.45, 7) is 0. The molecule has 3 N–H and O–H groups in total. The van der Waals surface area contributed by atoms with Crippen molar-refractivity contribution in [3.05, 3.63) is 52.3 Å². The molecule has 0 bridgehead atoms. The highest BCUT2D eigenvalue weighted by atomic mass is 79.9. The molecule has 2 nitrogen and oxygen atoms in total. The van der Waals surface area contributed by atoms with E-state index in [0.29, 0.717) is 10.2 Å². The Morgan fingerprint density at radius 1 is 1.00 bits per heavy atom. The van der Waals surface area contributed by atoms with Gasteiger partial charge >= 0.3 is 6.18 Å². The van der Waals surface area contributed by atoms with E-state index in [0.717, 1.165) is 12.1 Å². The van der Waals surface area contributed by atoms with Crippen LogP contribution in [0.1, 0.15) is 5.56 Å². The number of benzene rings is 2. The maximum atomic E-state index is 13.1. The molecule has 2 rings (SSSR count). The molecule has 0 amide bonds. The van der Waals surface area contributed by atoms with E-state index in [4.69, 9.17) is 5.73 Å². The van der Waals surface area contributed by atoms with Crippen LogP contribution in [0.15, 0.2) is 40.9 Å². The van der Waals surface area contributed by atoms with Crippen LogP contribution in [-0.2, 0) is 6.18 Å². The Hall–Kier alpha value is -1.76. The molecular formula is C13H9BrF4N2. The van der Waals surface area contributed by atoms with E-state index in [1.165, 1.54) is 24.3 Å². The van der Waals surface area contributed by atoms with Crippen molar-refractivity contribution in [1.82, 2.24) is 0 Å². The molecule has 0 aromatic heterocycles. The van der Waals surface area contributed by atoms with Crippen LogP contribution in [0.5, 0.6) is 0 Å². The standard InChI is InChI=1S/C13H9BrF4N2/c14-9-3-2-8(15)6-12(9)20-11-4-1-7(5-10(11)19)13(16,17)18/h1-6,20H,19H2. The van der Waals surface area contributed by atoms with Crippen LogP contribution in [0.2, 0.25) is 0 Å². The Morgan fingerprint density at radius 3 is 2.30 bits per heavy atom. The van der Waals surface area contributed by atoms with E-state index >= 15 is 0 Å². The molecule has 0 spiro atoms. The number of anilines is 3. The quantitative estimate of drug-likeness (QED) is 0.596. The molecule has 20 heavy (non-hydrogen) atoms. The lowest BCUT2D eigenvalue weighted by Crippen LogP contribution is -2.06. The smallest absolute Gasteiger partial charge is 0.397 e. The summed E-state index contributed by atoms with van der Waals surface area (Å²) in [6.07, 6.45) is -4.45. The van der Waals surface area contributed by atoms with Crippen molar-refractivity contribution in [3.63, 3.8) is 0 Å². The monoisotopic (exact) mass is 348 g/mol. The fourth-order valence-corrected chi connectivity index (χ4v) is 1.94. The first-order chi connectivity index (χ1) is 9.27. The number of hydrogen-bond acceptors (Lipinski definition) is 2. The molecule has 0 aliphatic rings. The van der Waals surface area contributed by atoms with Crippen LogP contribution < -0.4 is 11.1 Å². The Kier molecular flexibility index (Phi) is 3.89. The fraction of sp³-hybridized carbons (Fsp3) is 0.0769. The summed E-state index contributed by atoms with van der Waals surface area (Å²) in [6, 6.07) is 6.89. The second-order valence-corrected chi connectivity index (χ2v) is 4.90. The lowest BCUT2D eigenvalue weighted by molar-refractivity contribution is -0.137. The number of halogens is 5. The molecule has 0 aliphatic carbocycles. The van der Waals surface area contributed by atoms with Gasteiger partial charge in [0.05, 0.1) is 22.6 Å². The van der Waals surface area contributed by atoms with Crippen LogP contribution in [0.3, 0.4) is 0 Å². The number of alkyl halides is 3. The van der Waals surface area contributed by atoms with Crippen LogP contribution in [0, 0.1) is 5.82 Å². The zero-order valence-corrected chi connectivity index (χ0v) is 11.5. The molecule has 7 heteroatoms. The zero-order chi connectivity index (χ0) is 14.9. The van der Waals surface area contributed by atoms with Gasteiger partial charge in [0, 0.05) is 4.47 Å². The molecule has 0 heterocycles. The van der Waals surface area contributed by atoms with E-state index in [1.807, 2.05) is 0 Å². The largest absolute Gasteiger partial charge is 0.416 e. The number of nitrogen functional groups attached to an aromatic ring is 1. The number of hydrogen-bond donors (Lipinski definition) is 2. The number of nitrogens with two attached hydrogens (primary N) is 1. The SMILES string of the molecule is Nc1cc(C(F)(F)F)ccc1Nc1cc(F)ccc1Br. The summed E-state index contributed by atoms with van der Waals surface area (Å²) in [5.41, 5.74) is 5.31. The van der Waals surface area contributed by atoms with Gasteiger partial charge in [0.2, 0.25) is 0 Å². The Balaban J connectivity index is 2.33. The number of nitrogens with one attached hydrogen (secondary N) is 1. The zero-order valence-electron chi connectivity index (χ0n) is 9.93. The average molecular weight is 349 g/mol. The van der Waals surface area contributed by atoms with Crippen molar-refractivity contribution in [1.29, 1.82) is 0 Å². The molecule has 0 saturated carbocycles. The molecule has 2 aromatic rings. The van der Waals surface area contributed by atoms with Crippen molar-refractivity contribution >= 4 is 33.0 Å². The molecule has 0 fully saturated rings. The first kappa shape index (κ1) is 14.6. The van der Waals surface area contributed by atoms with E-state index in [-0.39, 0.29) is 11.4 Å². The third-order valence-corrected chi connectivity index (χ3v) is 3.27. The highest BCUT2D eigenvalue weighted by Gasteiger charge is 2.30. The predicted octanol–water partition coefficient (Wildman–Crippen LogP) is 4.93. The lowest BCUT2D eigenvalue weighted by atomic mass is 10.1. The van der Waals surface area contributed by atoms with Gasteiger partial charge in [-0.2, -0.15) is 13.2 Å². The van der Waals surface area contributed by atoms with Gasteiger partial charge in [-0.05, 0) is 52.3 Å². The van der Waals surface area contributed by atoms with Gasteiger partial charge in [-0.15, -0.1) is 0 Å². The van der Waals surface area contributed by atoms with Crippen LogP contribution in [0.25, 0.3) is 0 Å². The second kappa shape index (κ2) is 5.32. The van der Waals surface area contributed by atoms with E-state index in [9.17, 15) is 17.6 Å². The maximum Gasteiger partial charge on any atom is 0.416 e. The van der Waals surface area contributed by atoms with Gasteiger partial charge in [-0.1, -0.05) is 0 Å². The normalized spacial score (nSPS) is 11.4. The Bertz CT molecular complexity index is 641. The van der Waals surface area contributed by atoms with Gasteiger partial charge in [0.15, 0.2) is 0 Å². The lowest BCUT2D eigenvalue weighted by Gasteiger charge is -2.13. The molecule has 0 radical (unpaired) electrons. The summed E-state index contributed by atoms with van der Waals surface area (Å²) in [5.74, 6) is -0.471. The third kappa shape index (κ3) is 3.22. The van der Waals surface area contributed by atoms with Crippen LogP contribution in [-0.4, -0.2) is 0 Å². The fourth-order valence-electron chi connectivity index (χ4n) is 1.59. The molecule has 106 valence electrons. The van der Waals surface area contributed by atoms with Crippen molar-refractivity contribution in [2.45, 2.75) is 6.18 Å². The summed E-state index contributed by atoms with van der Waals surface area (Å²) in [7, 11) is 0. The summed E-state index contributed by atoms with van der Waals surface area (Å²) < 4.78 is 51.2. The van der Waals surface area contributed by atoms with Crippen molar-refractivity contribution in [3.8, 4) is 0 Å². The van der Waals surface area contributed by atoms with Crippen LogP contribution in [0.4, 0.5) is 34.6 Å². The molecule has 0 aliphatic heterocycles. The summed E-state index contributed by atoms with van der Waals surface area (Å²) in [4.78, 5) is 0. The summed E-state index contributed by atoms with van der Waals surface area (Å²) in [5, 5.41) is 2.78. The maximum absolute atomic E-state index is 13.1. The van der Waals surface area contributed by atoms with E-state index in [2.05, 4.69) is 21.2 Å². The Labute approximate surface area is 120 Å². The highest BCUT2D eigenvalue weighted by Crippen LogP contribution is 2.35. The second-order valence-electron chi connectivity index (χ2n) is 4.05. The van der Waals surface area contributed by atoms with Crippen molar-refractivity contribution < 1.29 is 17.6 Å². The first-order valence-electron chi connectivity index (χ1n) is 5.46. The third-order valence-electron chi connectivity index (χ3n) is 2.58. The minimum Gasteiger partial charge on any atom is -0.397 e. The molecule has 0 saturated heterocycles. The molecule has 0 atom stereocenters. The minimum atomic E-state index is -4.45. The minimum absolute atomic E-state index is 0.0732.